The number of hydrogen-bond donors (Lipinski definition) is 0. The van der Waals surface area contributed by atoms with E-state index in [-0.39, 0.29) is 0 Å². The highest BCUT2D eigenvalue weighted by Crippen LogP contribution is 2.40. The Hall–Kier alpha value is -2.43. The van der Waals surface area contributed by atoms with E-state index < -0.39 is 0 Å². The zero-order chi connectivity index (χ0) is 16.7. The molecule has 1 saturated heterocycles. The van der Waals surface area contributed by atoms with E-state index in [9.17, 15) is 0 Å². The lowest BCUT2D eigenvalue weighted by Crippen LogP contribution is -2.30. The summed E-state index contributed by atoms with van der Waals surface area (Å²) in [7, 11) is 0. The Bertz CT molecular complexity index is 805. The molecule has 5 nitrogen and oxygen atoms in total. The van der Waals surface area contributed by atoms with Crippen molar-refractivity contribution in [3.8, 4) is 0 Å². The molecular weight excluding hydrogens is 298 g/mol. The monoisotopic (exact) mass is 321 g/mol. The number of anilines is 2. The van der Waals surface area contributed by atoms with Gasteiger partial charge in [0.05, 0.1) is 5.56 Å². The summed E-state index contributed by atoms with van der Waals surface area (Å²) in [6.45, 7) is 9.24. The molecule has 4 rings (SSSR count). The SMILES string of the molecule is CCN1c2ncccc2C(N2CCCC2)=Nc2c(C)cc(C)nc21. The second-order valence-corrected chi connectivity index (χ2v) is 6.50. The van der Waals surface area contributed by atoms with Gasteiger partial charge in [0.25, 0.3) is 0 Å². The molecule has 4 heterocycles. The van der Waals surface area contributed by atoms with Gasteiger partial charge in [-0.15, -0.1) is 0 Å². The molecule has 0 atom stereocenters. The molecule has 0 spiro atoms. The van der Waals surface area contributed by atoms with Crippen LogP contribution >= 0.6 is 0 Å². The summed E-state index contributed by atoms with van der Waals surface area (Å²) >= 11 is 0. The van der Waals surface area contributed by atoms with Crippen molar-refractivity contribution >= 4 is 23.2 Å². The average Bonchev–Trinajstić information content (AvgIpc) is 3.05. The van der Waals surface area contributed by atoms with Crippen molar-refractivity contribution in [3.05, 3.63) is 41.2 Å². The number of aliphatic imine (C=N–C) groups is 1. The molecule has 2 aromatic rings. The minimum Gasteiger partial charge on any atom is -0.356 e. The number of aromatic nitrogens is 2. The van der Waals surface area contributed by atoms with E-state index in [4.69, 9.17) is 9.98 Å². The van der Waals surface area contributed by atoms with Crippen molar-refractivity contribution in [2.45, 2.75) is 33.6 Å². The van der Waals surface area contributed by atoms with Crippen LogP contribution in [0.15, 0.2) is 29.4 Å². The number of likely N-dealkylation sites (tertiary alicyclic amines) is 1. The highest BCUT2D eigenvalue weighted by molar-refractivity contribution is 6.07. The molecular formula is C19H23N5. The summed E-state index contributed by atoms with van der Waals surface area (Å²) < 4.78 is 0. The fraction of sp³-hybridized carbons (Fsp3) is 0.421. The van der Waals surface area contributed by atoms with Crippen molar-refractivity contribution in [3.63, 3.8) is 0 Å². The summed E-state index contributed by atoms with van der Waals surface area (Å²) in [4.78, 5) is 19.2. The fourth-order valence-electron chi connectivity index (χ4n) is 3.66. The smallest absolute Gasteiger partial charge is 0.160 e. The molecule has 0 saturated carbocycles. The molecule has 2 aliphatic rings. The van der Waals surface area contributed by atoms with Crippen molar-refractivity contribution in [2.24, 2.45) is 4.99 Å². The van der Waals surface area contributed by atoms with Crippen molar-refractivity contribution < 1.29 is 0 Å². The molecule has 0 aromatic carbocycles. The zero-order valence-corrected chi connectivity index (χ0v) is 14.6. The lowest BCUT2D eigenvalue weighted by molar-refractivity contribution is 0.521. The summed E-state index contributed by atoms with van der Waals surface area (Å²) in [6, 6.07) is 6.25. The molecule has 2 aromatic heterocycles. The van der Waals surface area contributed by atoms with Gasteiger partial charge in [-0.1, -0.05) is 0 Å². The van der Waals surface area contributed by atoms with Crippen LogP contribution < -0.4 is 4.90 Å². The predicted octanol–water partition coefficient (Wildman–Crippen LogP) is 3.74. The molecule has 0 N–H and O–H groups in total. The van der Waals surface area contributed by atoms with Crippen LogP contribution in [0.4, 0.5) is 17.3 Å². The fourth-order valence-corrected chi connectivity index (χ4v) is 3.66. The molecule has 0 aliphatic carbocycles. The van der Waals surface area contributed by atoms with E-state index in [1.165, 1.54) is 18.4 Å². The van der Waals surface area contributed by atoms with Gasteiger partial charge in [0, 0.05) is 31.5 Å². The summed E-state index contributed by atoms with van der Waals surface area (Å²) in [5, 5.41) is 0. The molecule has 1 fully saturated rings. The minimum absolute atomic E-state index is 0.815. The van der Waals surface area contributed by atoms with E-state index in [0.717, 1.165) is 54.1 Å². The minimum atomic E-state index is 0.815. The molecule has 0 unspecified atom stereocenters. The lowest BCUT2D eigenvalue weighted by Gasteiger charge is -2.24. The van der Waals surface area contributed by atoms with Gasteiger partial charge in [0.1, 0.15) is 17.3 Å². The first-order chi connectivity index (χ1) is 11.7. The van der Waals surface area contributed by atoms with Crippen molar-refractivity contribution in [1.82, 2.24) is 14.9 Å². The Balaban J connectivity index is 2.01. The van der Waals surface area contributed by atoms with Gasteiger partial charge >= 0.3 is 0 Å². The molecule has 0 amide bonds. The topological polar surface area (TPSA) is 44.6 Å². The van der Waals surface area contributed by atoms with E-state index in [0.29, 0.717) is 0 Å². The average molecular weight is 321 g/mol. The van der Waals surface area contributed by atoms with Crippen LogP contribution in [-0.2, 0) is 0 Å². The van der Waals surface area contributed by atoms with Crippen LogP contribution in [0.1, 0.15) is 36.6 Å². The van der Waals surface area contributed by atoms with E-state index in [1.807, 2.05) is 19.2 Å². The predicted molar refractivity (Wildman–Crippen MR) is 97.6 cm³/mol. The highest BCUT2D eigenvalue weighted by Gasteiger charge is 2.29. The van der Waals surface area contributed by atoms with Crippen LogP contribution in [-0.4, -0.2) is 40.3 Å². The maximum absolute atomic E-state index is 5.10. The highest BCUT2D eigenvalue weighted by atomic mass is 15.3. The normalized spacial score (nSPS) is 16.5. The van der Waals surface area contributed by atoms with Gasteiger partial charge in [0.15, 0.2) is 5.82 Å². The molecule has 5 heteroatoms. The number of rotatable bonds is 1. The largest absolute Gasteiger partial charge is 0.356 e. The van der Waals surface area contributed by atoms with Crippen molar-refractivity contribution in [2.75, 3.05) is 24.5 Å². The second kappa shape index (κ2) is 5.89. The Morgan fingerprint density at radius 1 is 1.12 bits per heavy atom. The standard InChI is InChI=1S/C19H23N5/c1-4-24-17-15(8-7-9-20-17)18(23-10-5-6-11-23)22-16-13(2)12-14(3)21-19(16)24/h7-9,12H,4-6,10-11H2,1-3H3. The van der Waals surface area contributed by atoms with Crippen LogP contribution in [0.3, 0.4) is 0 Å². The van der Waals surface area contributed by atoms with E-state index in [2.05, 4.69) is 40.8 Å². The van der Waals surface area contributed by atoms with Crippen LogP contribution in [0.5, 0.6) is 0 Å². The number of fused-ring (bicyclic) bond motifs is 2. The van der Waals surface area contributed by atoms with Crippen LogP contribution in [0.25, 0.3) is 0 Å². The maximum atomic E-state index is 5.10. The molecule has 2 aliphatic heterocycles. The Labute approximate surface area is 143 Å². The molecule has 124 valence electrons. The second-order valence-electron chi connectivity index (χ2n) is 6.50. The lowest BCUT2D eigenvalue weighted by atomic mass is 10.2. The van der Waals surface area contributed by atoms with E-state index >= 15 is 0 Å². The third-order valence-corrected chi connectivity index (χ3v) is 4.77. The van der Waals surface area contributed by atoms with Gasteiger partial charge < -0.3 is 9.80 Å². The van der Waals surface area contributed by atoms with Gasteiger partial charge in [0.2, 0.25) is 0 Å². The number of aryl methyl sites for hydroxylation is 2. The van der Waals surface area contributed by atoms with Gasteiger partial charge in [-0.25, -0.2) is 15.0 Å². The molecule has 0 bridgehead atoms. The summed E-state index contributed by atoms with van der Waals surface area (Å²) in [5.41, 5.74) is 4.26. The number of nitrogens with zero attached hydrogens (tertiary/aromatic N) is 5. The molecule has 0 radical (unpaired) electrons. The van der Waals surface area contributed by atoms with Crippen LogP contribution in [0.2, 0.25) is 0 Å². The summed E-state index contributed by atoms with van der Waals surface area (Å²) in [5.74, 6) is 2.92. The van der Waals surface area contributed by atoms with Gasteiger partial charge in [-0.05, 0) is 57.4 Å². The van der Waals surface area contributed by atoms with Crippen LogP contribution in [0, 0.1) is 13.8 Å². The third kappa shape index (κ3) is 2.35. The number of pyridine rings is 2. The molecule has 24 heavy (non-hydrogen) atoms. The summed E-state index contributed by atoms with van der Waals surface area (Å²) in [6.07, 6.45) is 4.31. The Morgan fingerprint density at radius 3 is 2.67 bits per heavy atom. The Morgan fingerprint density at radius 2 is 1.92 bits per heavy atom. The first kappa shape index (κ1) is 15.1. The third-order valence-electron chi connectivity index (χ3n) is 4.77. The first-order valence-electron chi connectivity index (χ1n) is 8.74. The Kier molecular flexibility index (Phi) is 3.71. The zero-order valence-electron chi connectivity index (χ0n) is 14.6. The maximum Gasteiger partial charge on any atom is 0.160 e. The van der Waals surface area contributed by atoms with E-state index in [1.54, 1.807) is 0 Å². The number of amidine groups is 1. The van der Waals surface area contributed by atoms with Gasteiger partial charge in [-0.3, -0.25) is 0 Å². The van der Waals surface area contributed by atoms with Gasteiger partial charge in [-0.2, -0.15) is 0 Å². The van der Waals surface area contributed by atoms with Crippen molar-refractivity contribution in [1.29, 1.82) is 0 Å². The first-order valence-corrected chi connectivity index (χ1v) is 8.74. The number of hydrogen-bond acceptors (Lipinski definition) is 5. The quantitative estimate of drug-likeness (QED) is 0.802.